The van der Waals surface area contributed by atoms with E-state index in [0.717, 1.165) is 27.8 Å². The smallest absolute Gasteiger partial charge is 0.111 e. The van der Waals surface area contributed by atoms with E-state index in [4.69, 9.17) is 4.74 Å². The van der Waals surface area contributed by atoms with Gasteiger partial charge in [0, 0.05) is 25.1 Å². The summed E-state index contributed by atoms with van der Waals surface area (Å²) in [6.45, 7) is 0.707. The number of imidazole rings is 1. The minimum absolute atomic E-state index is 0.707. The second-order valence-corrected chi connectivity index (χ2v) is 4.38. The van der Waals surface area contributed by atoms with Gasteiger partial charge in [0.2, 0.25) is 0 Å². The quantitative estimate of drug-likeness (QED) is 0.856. The number of halogens is 1. The van der Waals surface area contributed by atoms with E-state index in [1.54, 1.807) is 7.11 Å². The number of aromatic nitrogens is 2. The lowest BCUT2D eigenvalue weighted by Gasteiger charge is -2.01. The summed E-state index contributed by atoms with van der Waals surface area (Å²) in [5, 5.41) is 0. The van der Waals surface area contributed by atoms with Crippen molar-refractivity contribution < 1.29 is 4.74 Å². The summed E-state index contributed by atoms with van der Waals surface area (Å²) in [6, 6.07) is 6.11. The van der Waals surface area contributed by atoms with E-state index >= 15 is 0 Å². The van der Waals surface area contributed by atoms with Crippen LogP contribution in [0, 0.1) is 0 Å². The third-order valence-corrected chi connectivity index (χ3v) is 2.96. The average Bonchev–Trinajstić information content (AvgIpc) is 2.53. The van der Waals surface area contributed by atoms with Crippen LogP contribution in [0.3, 0.4) is 0 Å². The van der Waals surface area contributed by atoms with Gasteiger partial charge < -0.3 is 9.30 Å². The van der Waals surface area contributed by atoms with Crippen molar-refractivity contribution in [3.8, 4) is 0 Å². The molecule has 0 aliphatic rings. The maximum atomic E-state index is 5.06. The number of aryl methyl sites for hydroxylation is 1. The second-order valence-electron chi connectivity index (χ2n) is 3.46. The van der Waals surface area contributed by atoms with Gasteiger partial charge in [-0.25, -0.2) is 4.98 Å². The maximum Gasteiger partial charge on any atom is 0.111 e. The molecule has 15 heavy (non-hydrogen) atoms. The largest absolute Gasteiger partial charge is 0.384 e. The van der Waals surface area contributed by atoms with Crippen LogP contribution in [0.15, 0.2) is 22.7 Å². The minimum Gasteiger partial charge on any atom is -0.384 e. The van der Waals surface area contributed by atoms with Crippen molar-refractivity contribution in [3.63, 3.8) is 0 Å². The summed E-state index contributed by atoms with van der Waals surface area (Å²) in [5.74, 6) is 1.06. The summed E-state index contributed by atoms with van der Waals surface area (Å²) >= 11 is 3.46. The molecule has 0 fully saturated rings. The van der Waals surface area contributed by atoms with Crippen LogP contribution in [-0.4, -0.2) is 23.3 Å². The van der Waals surface area contributed by atoms with Gasteiger partial charge >= 0.3 is 0 Å². The van der Waals surface area contributed by atoms with Crippen LogP contribution in [0.1, 0.15) is 5.82 Å². The van der Waals surface area contributed by atoms with Gasteiger partial charge in [-0.2, -0.15) is 0 Å². The zero-order valence-electron chi connectivity index (χ0n) is 8.83. The zero-order valence-corrected chi connectivity index (χ0v) is 10.4. The molecule has 0 atom stereocenters. The Morgan fingerprint density at radius 2 is 2.27 bits per heavy atom. The maximum absolute atomic E-state index is 5.06. The molecule has 2 rings (SSSR count). The lowest BCUT2D eigenvalue weighted by molar-refractivity contribution is 0.200. The van der Waals surface area contributed by atoms with Gasteiger partial charge in [0.1, 0.15) is 5.82 Å². The third-order valence-electron chi connectivity index (χ3n) is 2.47. The Morgan fingerprint density at radius 1 is 1.47 bits per heavy atom. The molecule has 0 bridgehead atoms. The van der Waals surface area contributed by atoms with Crippen molar-refractivity contribution in [1.29, 1.82) is 0 Å². The number of benzene rings is 1. The van der Waals surface area contributed by atoms with Crippen LogP contribution in [0.4, 0.5) is 0 Å². The van der Waals surface area contributed by atoms with Crippen LogP contribution >= 0.6 is 15.9 Å². The first-order chi connectivity index (χ1) is 7.22. The standard InChI is InChI=1S/C11H13BrN2O/c1-14-10-7-8(12)3-4-9(10)13-11(14)5-6-15-2/h3-4,7H,5-6H2,1-2H3. The van der Waals surface area contributed by atoms with Crippen LogP contribution in [0.25, 0.3) is 11.0 Å². The molecular formula is C11H13BrN2O. The van der Waals surface area contributed by atoms with Crippen molar-refractivity contribution in [1.82, 2.24) is 9.55 Å². The number of rotatable bonds is 3. The Balaban J connectivity index is 2.45. The first-order valence-corrected chi connectivity index (χ1v) is 5.61. The number of hydrogen-bond acceptors (Lipinski definition) is 2. The van der Waals surface area contributed by atoms with Crippen LogP contribution in [0.5, 0.6) is 0 Å². The van der Waals surface area contributed by atoms with E-state index in [1.807, 2.05) is 19.2 Å². The van der Waals surface area contributed by atoms with Gasteiger partial charge in [0.15, 0.2) is 0 Å². The predicted octanol–water partition coefficient (Wildman–Crippen LogP) is 2.52. The van der Waals surface area contributed by atoms with E-state index in [1.165, 1.54) is 0 Å². The number of ether oxygens (including phenoxy) is 1. The lowest BCUT2D eigenvalue weighted by Crippen LogP contribution is -2.02. The lowest BCUT2D eigenvalue weighted by atomic mass is 10.3. The fraction of sp³-hybridized carbons (Fsp3) is 0.364. The summed E-state index contributed by atoms with van der Waals surface area (Å²) in [7, 11) is 3.74. The first kappa shape index (κ1) is 10.6. The Hall–Kier alpha value is -0.870. The monoisotopic (exact) mass is 268 g/mol. The van der Waals surface area contributed by atoms with Gasteiger partial charge in [0.05, 0.1) is 17.6 Å². The highest BCUT2D eigenvalue weighted by molar-refractivity contribution is 9.10. The molecule has 80 valence electrons. The summed E-state index contributed by atoms with van der Waals surface area (Å²) in [4.78, 5) is 4.55. The van der Waals surface area contributed by atoms with Gasteiger partial charge in [-0.05, 0) is 18.2 Å². The SMILES string of the molecule is COCCc1nc2ccc(Br)cc2n1C. The highest BCUT2D eigenvalue weighted by Gasteiger charge is 2.07. The number of methoxy groups -OCH3 is 1. The molecule has 1 heterocycles. The van der Waals surface area contributed by atoms with E-state index in [2.05, 4.69) is 31.5 Å². The van der Waals surface area contributed by atoms with Crippen molar-refractivity contribution >= 4 is 27.0 Å². The summed E-state index contributed by atoms with van der Waals surface area (Å²) < 4.78 is 8.25. The van der Waals surface area contributed by atoms with Crippen molar-refractivity contribution in [2.75, 3.05) is 13.7 Å². The Bertz CT molecular complexity index is 479. The summed E-state index contributed by atoms with van der Waals surface area (Å²) in [5.41, 5.74) is 2.18. The molecule has 0 N–H and O–H groups in total. The molecule has 0 unspecified atom stereocenters. The average molecular weight is 269 g/mol. The van der Waals surface area contributed by atoms with Gasteiger partial charge in [-0.15, -0.1) is 0 Å². The van der Waals surface area contributed by atoms with E-state index < -0.39 is 0 Å². The van der Waals surface area contributed by atoms with Gasteiger partial charge in [0.25, 0.3) is 0 Å². The molecule has 0 aliphatic heterocycles. The number of nitrogens with zero attached hydrogens (tertiary/aromatic N) is 2. The zero-order chi connectivity index (χ0) is 10.8. The van der Waals surface area contributed by atoms with Crippen LogP contribution in [-0.2, 0) is 18.2 Å². The molecule has 1 aromatic carbocycles. The molecule has 2 aromatic rings. The molecule has 0 aliphatic carbocycles. The molecule has 1 aromatic heterocycles. The van der Waals surface area contributed by atoms with Crippen molar-refractivity contribution in [3.05, 3.63) is 28.5 Å². The van der Waals surface area contributed by atoms with E-state index in [9.17, 15) is 0 Å². The fourth-order valence-corrected chi connectivity index (χ4v) is 1.98. The number of hydrogen-bond donors (Lipinski definition) is 0. The molecular weight excluding hydrogens is 256 g/mol. The molecule has 0 spiro atoms. The first-order valence-electron chi connectivity index (χ1n) is 4.82. The minimum atomic E-state index is 0.707. The molecule has 0 amide bonds. The normalized spacial score (nSPS) is 11.1. The molecule has 0 saturated heterocycles. The van der Waals surface area contributed by atoms with Gasteiger partial charge in [-0.3, -0.25) is 0 Å². The topological polar surface area (TPSA) is 27.1 Å². The van der Waals surface area contributed by atoms with Crippen molar-refractivity contribution in [2.45, 2.75) is 6.42 Å². The van der Waals surface area contributed by atoms with Crippen LogP contribution < -0.4 is 0 Å². The van der Waals surface area contributed by atoms with Gasteiger partial charge in [-0.1, -0.05) is 15.9 Å². The fourth-order valence-electron chi connectivity index (χ4n) is 1.63. The molecule has 0 radical (unpaired) electrons. The van der Waals surface area contributed by atoms with Crippen LogP contribution in [0.2, 0.25) is 0 Å². The highest BCUT2D eigenvalue weighted by Crippen LogP contribution is 2.20. The second kappa shape index (κ2) is 4.33. The highest BCUT2D eigenvalue weighted by atomic mass is 79.9. The number of fused-ring (bicyclic) bond motifs is 1. The van der Waals surface area contributed by atoms with Crippen molar-refractivity contribution in [2.24, 2.45) is 7.05 Å². The predicted molar refractivity (Wildman–Crippen MR) is 64.0 cm³/mol. The van der Waals surface area contributed by atoms with E-state index in [-0.39, 0.29) is 0 Å². The Labute approximate surface area is 97.2 Å². The summed E-state index contributed by atoms with van der Waals surface area (Å²) in [6.07, 6.45) is 0.847. The van der Waals surface area contributed by atoms with E-state index in [0.29, 0.717) is 6.61 Å². The molecule has 4 heteroatoms. The Kier molecular flexibility index (Phi) is 3.07. The Morgan fingerprint density at radius 3 is 3.00 bits per heavy atom. The third kappa shape index (κ3) is 2.06. The molecule has 0 saturated carbocycles. The molecule has 3 nitrogen and oxygen atoms in total.